The summed E-state index contributed by atoms with van der Waals surface area (Å²) in [4.78, 5) is 4.23. The summed E-state index contributed by atoms with van der Waals surface area (Å²) in [6.07, 6.45) is 5.00. The molecule has 0 saturated carbocycles. The fraction of sp³-hybridized carbons (Fsp3) is 0.643. The highest BCUT2D eigenvalue weighted by Crippen LogP contribution is 2.28. The third kappa shape index (κ3) is 3.60. The largest absolute Gasteiger partial charge is 0.315 e. The molecule has 16 heavy (non-hydrogen) atoms. The molecule has 0 aromatic carbocycles. The van der Waals surface area contributed by atoms with Crippen molar-refractivity contribution in [1.29, 1.82) is 0 Å². The van der Waals surface area contributed by atoms with Crippen LogP contribution >= 0.6 is 0 Å². The van der Waals surface area contributed by atoms with Crippen LogP contribution < -0.4 is 5.32 Å². The Balaban J connectivity index is 2.66. The molecule has 0 spiro atoms. The van der Waals surface area contributed by atoms with E-state index in [1.165, 1.54) is 11.1 Å². The van der Waals surface area contributed by atoms with Gasteiger partial charge in [-0.05, 0) is 42.5 Å². The summed E-state index contributed by atoms with van der Waals surface area (Å²) in [6.45, 7) is 12.2. The fourth-order valence-electron chi connectivity index (χ4n) is 1.98. The molecular formula is C14H24N2. The second-order valence-electron chi connectivity index (χ2n) is 5.43. The molecule has 1 aromatic rings. The molecule has 0 aliphatic rings. The van der Waals surface area contributed by atoms with Crippen molar-refractivity contribution in [2.45, 2.75) is 52.5 Å². The Morgan fingerprint density at radius 3 is 2.62 bits per heavy atom. The van der Waals surface area contributed by atoms with Gasteiger partial charge in [0.1, 0.15) is 0 Å². The highest BCUT2D eigenvalue weighted by molar-refractivity contribution is 5.28. The molecular weight excluding hydrogens is 196 g/mol. The van der Waals surface area contributed by atoms with Crippen molar-refractivity contribution in [3.63, 3.8) is 0 Å². The Bertz CT molecular complexity index is 329. The van der Waals surface area contributed by atoms with Crippen molar-refractivity contribution in [2.24, 2.45) is 0 Å². The summed E-state index contributed by atoms with van der Waals surface area (Å²) in [5.41, 5.74) is 2.89. The minimum absolute atomic E-state index is 0.195. The van der Waals surface area contributed by atoms with Crippen LogP contribution in [0.2, 0.25) is 0 Å². The Hall–Kier alpha value is -0.890. The summed E-state index contributed by atoms with van der Waals surface area (Å²) in [5.74, 6) is 0. The summed E-state index contributed by atoms with van der Waals surface area (Å²) in [6, 6.07) is 2.65. The molecule has 1 aromatic heterocycles. The van der Waals surface area contributed by atoms with Crippen molar-refractivity contribution in [3.8, 4) is 0 Å². The monoisotopic (exact) mass is 220 g/mol. The smallest absolute Gasteiger partial charge is 0.0307 e. The lowest BCUT2D eigenvalue weighted by Gasteiger charge is -2.27. The molecule has 90 valence electrons. The Morgan fingerprint density at radius 2 is 2.06 bits per heavy atom. The van der Waals surface area contributed by atoms with Gasteiger partial charge in [0, 0.05) is 18.4 Å². The van der Waals surface area contributed by atoms with Crippen LogP contribution in [0.3, 0.4) is 0 Å². The lowest BCUT2D eigenvalue weighted by molar-refractivity contribution is 0.438. The van der Waals surface area contributed by atoms with Crippen molar-refractivity contribution >= 4 is 0 Å². The van der Waals surface area contributed by atoms with Gasteiger partial charge in [0.05, 0.1) is 0 Å². The van der Waals surface area contributed by atoms with E-state index >= 15 is 0 Å². The molecule has 0 bridgehead atoms. The van der Waals surface area contributed by atoms with Crippen LogP contribution in [0, 0.1) is 6.92 Å². The predicted octanol–water partition coefficient (Wildman–Crippen LogP) is 3.06. The number of nitrogens with zero attached hydrogens (tertiary/aromatic N) is 1. The molecule has 0 radical (unpaired) electrons. The number of aromatic nitrogens is 1. The lowest BCUT2D eigenvalue weighted by Crippen LogP contribution is -2.30. The van der Waals surface area contributed by atoms with Crippen LogP contribution in [0.5, 0.6) is 0 Å². The average Bonchev–Trinajstić information content (AvgIpc) is 2.17. The molecule has 0 saturated heterocycles. The van der Waals surface area contributed by atoms with Crippen LogP contribution in [0.25, 0.3) is 0 Å². The van der Waals surface area contributed by atoms with Gasteiger partial charge in [-0.25, -0.2) is 0 Å². The first-order chi connectivity index (χ1) is 7.43. The van der Waals surface area contributed by atoms with Gasteiger partial charge in [0.2, 0.25) is 0 Å². The SMILES string of the molecule is Cc1ccncc1C(C)(C)CCNC(C)C. The first-order valence-electron chi connectivity index (χ1n) is 6.08. The zero-order valence-electron chi connectivity index (χ0n) is 11.2. The predicted molar refractivity (Wildman–Crippen MR) is 69.8 cm³/mol. The van der Waals surface area contributed by atoms with E-state index in [1.54, 1.807) is 0 Å². The standard InChI is InChI=1S/C14H24N2/c1-11(2)16-9-7-14(4,5)13-10-15-8-6-12(13)3/h6,8,10-11,16H,7,9H2,1-5H3. The Morgan fingerprint density at radius 1 is 1.38 bits per heavy atom. The topological polar surface area (TPSA) is 24.9 Å². The minimum Gasteiger partial charge on any atom is -0.315 e. The first kappa shape index (κ1) is 13.2. The maximum atomic E-state index is 4.23. The van der Waals surface area contributed by atoms with Crippen LogP contribution in [0.15, 0.2) is 18.5 Å². The number of hydrogen-bond acceptors (Lipinski definition) is 2. The number of rotatable bonds is 5. The lowest BCUT2D eigenvalue weighted by atomic mass is 9.80. The number of hydrogen-bond donors (Lipinski definition) is 1. The van der Waals surface area contributed by atoms with Gasteiger partial charge < -0.3 is 5.32 Å². The van der Waals surface area contributed by atoms with E-state index in [-0.39, 0.29) is 5.41 Å². The number of nitrogens with one attached hydrogen (secondary N) is 1. The quantitative estimate of drug-likeness (QED) is 0.825. The zero-order valence-corrected chi connectivity index (χ0v) is 11.2. The van der Waals surface area contributed by atoms with Gasteiger partial charge in [-0.1, -0.05) is 27.7 Å². The molecule has 2 heteroatoms. The van der Waals surface area contributed by atoms with E-state index < -0.39 is 0 Å². The second-order valence-corrected chi connectivity index (χ2v) is 5.43. The molecule has 1 rings (SSSR count). The number of pyridine rings is 1. The molecule has 1 heterocycles. The van der Waals surface area contributed by atoms with Crippen LogP contribution in [0.1, 0.15) is 45.2 Å². The van der Waals surface area contributed by atoms with E-state index in [1.807, 2.05) is 12.4 Å². The van der Waals surface area contributed by atoms with E-state index in [0.717, 1.165) is 13.0 Å². The maximum Gasteiger partial charge on any atom is 0.0307 e. The van der Waals surface area contributed by atoms with Gasteiger partial charge in [0.25, 0.3) is 0 Å². The Labute approximate surface area is 99.5 Å². The summed E-state index contributed by atoms with van der Waals surface area (Å²) in [5, 5.41) is 3.47. The van der Waals surface area contributed by atoms with E-state index in [4.69, 9.17) is 0 Å². The highest BCUT2D eigenvalue weighted by Gasteiger charge is 2.22. The third-order valence-corrected chi connectivity index (χ3v) is 3.07. The van der Waals surface area contributed by atoms with Crippen molar-refractivity contribution in [2.75, 3.05) is 6.54 Å². The molecule has 0 atom stereocenters. The van der Waals surface area contributed by atoms with Crippen LogP contribution in [-0.2, 0) is 5.41 Å². The molecule has 0 unspecified atom stereocenters. The molecule has 0 amide bonds. The minimum atomic E-state index is 0.195. The van der Waals surface area contributed by atoms with Crippen molar-refractivity contribution < 1.29 is 0 Å². The van der Waals surface area contributed by atoms with Crippen LogP contribution in [-0.4, -0.2) is 17.6 Å². The van der Waals surface area contributed by atoms with Gasteiger partial charge in [-0.15, -0.1) is 0 Å². The van der Waals surface area contributed by atoms with Gasteiger partial charge in [-0.2, -0.15) is 0 Å². The Kier molecular flexibility index (Phi) is 4.48. The molecule has 0 aliphatic heterocycles. The molecule has 0 fully saturated rings. The zero-order chi connectivity index (χ0) is 12.2. The van der Waals surface area contributed by atoms with Gasteiger partial charge in [-0.3, -0.25) is 4.98 Å². The van der Waals surface area contributed by atoms with Crippen molar-refractivity contribution in [1.82, 2.24) is 10.3 Å². The van der Waals surface area contributed by atoms with Gasteiger partial charge >= 0.3 is 0 Å². The second kappa shape index (κ2) is 5.44. The molecule has 2 nitrogen and oxygen atoms in total. The van der Waals surface area contributed by atoms with Gasteiger partial charge in [0.15, 0.2) is 0 Å². The summed E-state index contributed by atoms with van der Waals surface area (Å²) in [7, 11) is 0. The van der Waals surface area contributed by atoms with E-state index in [2.05, 4.69) is 51.0 Å². The average molecular weight is 220 g/mol. The van der Waals surface area contributed by atoms with Crippen molar-refractivity contribution in [3.05, 3.63) is 29.6 Å². The molecule has 1 N–H and O–H groups in total. The third-order valence-electron chi connectivity index (χ3n) is 3.07. The highest BCUT2D eigenvalue weighted by atomic mass is 14.9. The summed E-state index contributed by atoms with van der Waals surface area (Å²) < 4.78 is 0. The first-order valence-corrected chi connectivity index (χ1v) is 6.08. The summed E-state index contributed by atoms with van der Waals surface area (Å²) >= 11 is 0. The normalized spacial score (nSPS) is 12.1. The maximum absolute atomic E-state index is 4.23. The van der Waals surface area contributed by atoms with E-state index in [0.29, 0.717) is 6.04 Å². The van der Waals surface area contributed by atoms with E-state index in [9.17, 15) is 0 Å². The molecule has 0 aliphatic carbocycles. The number of aryl methyl sites for hydroxylation is 1. The van der Waals surface area contributed by atoms with Crippen LogP contribution in [0.4, 0.5) is 0 Å². The fourth-order valence-corrected chi connectivity index (χ4v) is 1.98.